The normalized spacial score (nSPS) is 19.3. The topological polar surface area (TPSA) is 27.6 Å². The summed E-state index contributed by atoms with van der Waals surface area (Å²) in [4.78, 5) is 6.94. The molecular weight excluding hydrogens is 222 g/mol. The Morgan fingerprint density at radius 3 is 2.33 bits per heavy atom. The molecule has 0 saturated heterocycles. The zero-order chi connectivity index (χ0) is 13.6. The highest BCUT2D eigenvalue weighted by Gasteiger charge is 2.34. The van der Waals surface area contributed by atoms with E-state index in [1.807, 2.05) is 0 Å². The second kappa shape index (κ2) is 7.01. The van der Waals surface area contributed by atoms with E-state index in [0.29, 0.717) is 5.41 Å². The zero-order valence-corrected chi connectivity index (χ0v) is 12.9. The molecule has 1 fully saturated rings. The summed E-state index contributed by atoms with van der Waals surface area (Å²) in [6.07, 6.45) is 6.83. The first-order chi connectivity index (χ1) is 8.49. The van der Waals surface area contributed by atoms with Gasteiger partial charge in [-0.1, -0.05) is 26.7 Å². The van der Waals surface area contributed by atoms with Crippen LogP contribution in [0.25, 0.3) is 0 Å². The zero-order valence-electron chi connectivity index (χ0n) is 12.9. The lowest BCUT2D eigenvalue weighted by Crippen LogP contribution is -2.37. The van der Waals surface area contributed by atoms with Crippen molar-refractivity contribution in [2.24, 2.45) is 16.3 Å². The number of nitrogens with one attached hydrogen (secondary N) is 1. The SMILES string of the molecule is CCNC(=NCC1(CC(C)C)CCCC1)N(C)C. The molecule has 3 nitrogen and oxygen atoms in total. The van der Waals surface area contributed by atoms with E-state index in [2.05, 4.69) is 45.1 Å². The Balaban J connectivity index is 2.68. The van der Waals surface area contributed by atoms with Crippen LogP contribution < -0.4 is 5.32 Å². The Hall–Kier alpha value is -0.730. The average molecular weight is 253 g/mol. The predicted octanol–water partition coefficient (Wildman–Crippen LogP) is 3.12. The molecule has 0 aromatic rings. The highest BCUT2D eigenvalue weighted by Crippen LogP contribution is 2.43. The second-order valence-electron chi connectivity index (χ2n) is 6.37. The van der Waals surface area contributed by atoms with Crippen LogP contribution in [0.4, 0.5) is 0 Å². The largest absolute Gasteiger partial charge is 0.357 e. The number of hydrogen-bond acceptors (Lipinski definition) is 1. The first-order valence-electron chi connectivity index (χ1n) is 7.45. The van der Waals surface area contributed by atoms with Crippen molar-refractivity contribution in [1.82, 2.24) is 10.2 Å². The van der Waals surface area contributed by atoms with Crippen molar-refractivity contribution in [3.63, 3.8) is 0 Å². The van der Waals surface area contributed by atoms with Crippen molar-refractivity contribution in [2.75, 3.05) is 27.2 Å². The van der Waals surface area contributed by atoms with Crippen LogP contribution in [0.5, 0.6) is 0 Å². The van der Waals surface area contributed by atoms with Crippen LogP contribution in [0.3, 0.4) is 0 Å². The van der Waals surface area contributed by atoms with Crippen molar-refractivity contribution >= 4 is 5.96 Å². The third-order valence-corrected chi connectivity index (χ3v) is 3.83. The molecule has 1 rings (SSSR count). The average Bonchev–Trinajstić information content (AvgIpc) is 2.71. The fourth-order valence-electron chi connectivity index (χ4n) is 3.17. The molecule has 1 saturated carbocycles. The Labute approximate surface area is 113 Å². The van der Waals surface area contributed by atoms with E-state index in [9.17, 15) is 0 Å². The van der Waals surface area contributed by atoms with Crippen LogP contribution in [0, 0.1) is 11.3 Å². The van der Waals surface area contributed by atoms with Gasteiger partial charge in [0.25, 0.3) is 0 Å². The maximum Gasteiger partial charge on any atom is 0.193 e. The van der Waals surface area contributed by atoms with E-state index in [-0.39, 0.29) is 0 Å². The second-order valence-corrected chi connectivity index (χ2v) is 6.37. The van der Waals surface area contributed by atoms with Crippen LogP contribution in [0.15, 0.2) is 4.99 Å². The molecule has 0 aromatic heterocycles. The highest BCUT2D eigenvalue weighted by atomic mass is 15.3. The molecule has 0 aliphatic heterocycles. The van der Waals surface area contributed by atoms with Gasteiger partial charge in [0.15, 0.2) is 5.96 Å². The van der Waals surface area contributed by atoms with Gasteiger partial charge in [-0.25, -0.2) is 0 Å². The van der Waals surface area contributed by atoms with Gasteiger partial charge in [-0.05, 0) is 37.5 Å². The van der Waals surface area contributed by atoms with Gasteiger partial charge in [0, 0.05) is 27.2 Å². The van der Waals surface area contributed by atoms with Gasteiger partial charge in [0.05, 0.1) is 0 Å². The molecule has 0 atom stereocenters. The van der Waals surface area contributed by atoms with Crippen molar-refractivity contribution in [1.29, 1.82) is 0 Å². The summed E-state index contributed by atoms with van der Waals surface area (Å²) >= 11 is 0. The molecule has 0 spiro atoms. The minimum atomic E-state index is 0.477. The van der Waals surface area contributed by atoms with Crippen molar-refractivity contribution in [3.05, 3.63) is 0 Å². The summed E-state index contributed by atoms with van der Waals surface area (Å²) in [7, 11) is 4.12. The molecule has 1 N–H and O–H groups in total. The Bertz CT molecular complexity index is 263. The van der Waals surface area contributed by atoms with E-state index >= 15 is 0 Å². The van der Waals surface area contributed by atoms with E-state index in [4.69, 9.17) is 4.99 Å². The Morgan fingerprint density at radius 2 is 1.89 bits per heavy atom. The molecular formula is C15H31N3. The number of nitrogens with zero attached hydrogens (tertiary/aromatic N) is 2. The predicted molar refractivity (Wildman–Crippen MR) is 80.0 cm³/mol. The van der Waals surface area contributed by atoms with Gasteiger partial charge >= 0.3 is 0 Å². The molecule has 1 aliphatic carbocycles. The maximum absolute atomic E-state index is 4.85. The van der Waals surface area contributed by atoms with Crippen LogP contribution in [0.1, 0.15) is 52.9 Å². The van der Waals surface area contributed by atoms with Gasteiger partial charge in [-0.3, -0.25) is 4.99 Å². The van der Waals surface area contributed by atoms with Gasteiger partial charge in [0.1, 0.15) is 0 Å². The third kappa shape index (κ3) is 4.51. The lowest BCUT2D eigenvalue weighted by atomic mass is 9.78. The molecule has 0 unspecified atom stereocenters. The quantitative estimate of drug-likeness (QED) is 0.602. The summed E-state index contributed by atoms with van der Waals surface area (Å²) in [6.45, 7) is 8.72. The first kappa shape index (κ1) is 15.3. The van der Waals surface area contributed by atoms with E-state index in [1.54, 1.807) is 0 Å². The van der Waals surface area contributed by atoms with E-state index in [0.717, 1.165) is 25.0 Å². The molecule has 0 heterocycles. The molecule has 0 bridgehead atoms. The first-order valence-corrected chi connectivity index (χ1v) is 7.45. The molecule has 1 aliphatic rings. The minimum Gasteiger partial charge on any atom is -0.357 e. The summed E-state index contributed by atoms with van der Waals surface area (Å²) in [5.74, 6) is 1.81. The fourth-order valence-corrected chi connectivity index (χ4v) is 3.17. The molecule has 106 valence electrons. The Morgan fingerprint density at radius 1 is 1.28 bits per heavy atom. The molecule has 18 heavy (non-hydrogen) atoms. The molecule has 0 amide bonds. The highest BCUT2D eigenvalue weighted by molar-refractivity contribution is 5.79. The number of guanidine groups is 1. The Kier molecular flexibility index (Phi) is 5.97. The van der Waals surface area contributed by atoms with Crippen LogP contribution in [-0.4, -0.2) is 38.0 Å². The standard InChI is InChI=1S/C15H31N3/c1-6-16-14(18(4)5)17-12-15(11-13(2)3)9-7-8-10-15/h13H,6-12H2,1-5H3,(H,16,17). The summed E-state index contributed by atoms with van der Waals surface area (Å²) in [5.41, 5.74) is 0.477. The minimum absolute atomic E-state index is 0.477. The molecule has 3 heteroatoms. The summed E-state index contributed by atoms with van der Waals surface area (Å²) in [6, 6.07) is 0. The monoisotopic (exact) mass is 253 g/mol. The van der Waals surface area contributed by atoms with Crippen molar-refractivity contribution < 1.29 is 0 Å². The summed E-state index contributed by atoms with van der Waals surface area (Å²) < 4.78 is 0. The number of hydrogen-bond donors (Lipinski definition) is 1. The van der Waals surface area contributed by atoms with Gasteiger partial charge < -0.3 is 10.2 Å². The lowest BCUT2D eigenvalue weighted by Gasteiger charge is -2.30. The summed E-state index contributed by atoms with van der Waals surface area (Å²) in [5, 5.41) is 3.35. The van der Waals surface area contributed by atoms with Crippen molar-refractivity contribution in [3.8, 4) is 0 Å². The lowest BCUT2D eigenvalue weighted by molar-refractivity contribution is 0.244. The van der Waals surface area contributed by atoms with Crippen molar-refractivity contribution in [2.45, 2.75) is 52.9 Å². The van der Waals surface area contributed by atoms with E-state index in [1.165, 1.54) is 32.1 Å². The molecule has 0 aromatic carbocycles. The van der Waals surface area contributed by atoms with Gasteiger partial charge in [0.2, 0.25) is 0 Å². The number of rotatable bonds is 5. The fraction of sp³-hybridized carbons (Fsp3) is 0.933. The maximum atomic E-state index is 4.85. The number of aliphatic imine (C=N–C) groups is 1. The van der Waals surface area contributed by atoms with Crippen LogP contribution in [0.2, 0.25) is 0 Å². The van der Waals surface area contributed by atoms with Crippen LogP contribution >= 0.6 is 0 Å². The van der Waals surface area contributed by atoms with E-state index < -0.39 is 0 Å². The van der Waals surface area contributed by atoms with Gasteiger partial charge in [-0.2, -0.15) is 0 Å². The van der Waals surface area contributed by atoms with Gasteiger partial charge in [-0.15, -0.1) is 0 Å². The smallest absolute Gasteiger partial charge is 0.193 e. The third-order valence-electron chi connectivity index (χ3n) is 3.83. The molecule has 0 radical (unpaired) electrons. The van der Waals surface area contributed by atoms with Crippen LogP contribution in [-0.2, 0) is 0 Å².